The Morgan fingerprint density at radius 3 is 3.00 bits per heavy atom. The van der Waals surface area contributed by atoms with Crippen molar-refractivity contribution < 1.29 is 9.26 Å². The minimum absolute atomic E-state index is 0.357. The third-order valence-electron chi connectivity index (χ3n) is 4.63. The van der Waals surface area contributed by atoms with Crippen molar-refractivity contribution in [3.05, 3.63) is 48.1 Å². The van der Waals surface area contributed by atoms with Gasteiger partial charge < -0.3 is 9.26 Å². The Bertz CT molecular complexity index is 857. The van der Waals surface area contributed by atoms with Gasteiger partial charge in [0.15, 0.2) is 0 Å². The number of likely N-dealkylation sites (tertiary alicyclic amines) is 1. The van der Waals surface area contributed by atoms with Crippen molar-refractivity contribution in [1.29, 1.82) is 0 Å². The molecule has 0 saturated carbocycles. The quantitative estimate of drug-likeness (QED) is 0.712. The molecular weight excluding hydrogens is 318 g/mol. The number of rotatable bonds is 5. The van der Waals surface area contributed by atoms with Gasteiger partial charge in [0.2, 0.25) is 11.7 Å². The predicted molar refractivity (Wildman–Crippen MR) is 91.9 cm³/mol. The molecule has 130 valence electrons. The summed E-state index contributed by atoms with van der Waals surface area (Å²) in [5.41, 5.74) is 2.08. The normalized spacial score (nSPS) is 17.9. The lowest BCUT2D eigenvalue weighted by Crippen LogP contribution is -2.22. The third kappa shape index (κ3) is 3.15. The van der Waals surface area contributed by atoms with E-state index in [2.05, 4.69) is 26.3 Å². The molecule has 0 radical (unpaired) electrons. The average molecular weight is 339 g/mol. The Labute approximate surface area is 146 Å². The molecule has 0 bridgehead atoms. The molecule has 1 atom stereocenters. The molecule has 3 aromatic rings. The summed E-state index contributed by atoms with van der Waals surface area (Å²) >= 11 is 0. The van der Waals surface area contributed by atoms with E-state index in [4.69, 9.17) is 9.26 Å². The zero-order chi connectivity index (χ0) is 17.2. The molecule has 0 amide bonds. The zero-order valence-corrected chi connectivity index (χ0v) is 14.4. The van der Waals surface area contributed by atoms with Gasteiger partial charge >= 0.3 is 0 Å². The monoisotopic (exact) mass is 339 g/mol. The van der Waals surface area contributed by atoms with Gasteiger partial charge in [-0.15, -0.1) is 0 Å². The topological polar surface area (TPSA) is 69.2 Å². The Hall–Kier alpha value is -2.67. The molecule has 1 fully saturated rings. The number of methoxy groups -OCH3 is 1. The van der Waals surface area contributed by atoms with Gasteiger partial charge in [0.1, 0.15) is 5.75 Å². The van der Waals surface area contributed by atoms with Crippen LogP contribution in [-0.4, -0.2) is 38.5 Å². The van der Waals surface area contributed by atoms with E-state index in [-0.39, 0.29) is 0 Å². The van der Waals surface area contributed by atoms with E-state index in [9.17, 15) is 0 Å². The molecule has 4 rings (SSSR count). The van der Waals surface area contributed by atoms with Gasteiger partial charge in [-0.2, -0.15) is 10.1 Å². The molecule has 1 aliphatic heterocycles. The molecule has 3 heterocycles. The van der Waals surface area contributed by atoms with Gasteiger partial charge in [0.25, 0.3) is 0 Å². The number of ether oxygens (including phenoxy) is 1. The van der Waals surface area contributed by atoms with E-state index in [1.165, 1.54) is 5.56 Å². The Balaban J connectivity index is 1.53. The van der Waals surface area contributed by atoms with Crippen molar-refractivity contribution in [3.63, 3.8) is 0 Å². The van der Waals surface area contributed by atoms with E-state index < -0.39 is 0 Å². The average Bonchev–Trinajstić information content (AvgIpc) is 3.36. The first-order valence-corrected chi connectivity index (χ1v) is 8.43. The largest absolute Gasteiger partial charge is 0.496 e. The highest BCUT2D eigenvalue weighted by Crippen LogP contribution is 2.33. The van der Waals surface area contributed by atoms with Gasteiger partial charge in [-0.1, -0.05) is 17.3 Å². The highest BCUT2D eigenvalue weighted by molar-refractivity contribution is 5.63. The molecular formula is C18H21N5O2. The molecule has 25 heavy (non-hydrogen) atoms. The summed E-state index contributed by atoms with van der Waals surface area (Å²) in [6.07, 6.45) is 6.31. The fraction of sp³-hybridized carbons (Fsp3) is 0.389. The lowest BCUT2D eigenvalue weighted by molar-refractivity contribution is 0.212. The van der Waals surface area contributed by atoms with E-state index in [1.807, 2.05) is 42.2 Å². The van der Waals surface area contributed by atoms with Crippen molar-refractivity contribution >= 4 is 0 Å². The molecule has 0 N–H and O–H groups in total. The lowest BCUT2D eigenvalue weighted by atomic mass is 10.1. The molecule has 1 aromatic carbocycles. The van der Waals surface area contributed by atoms with Crippen LogP contribution in [0.15, 0.2) is 41.2 Å². The second kappa shape index (κ2) is 6.68. The summed E-state index contributed by atoms with van der Waals surface area (Å²) in [5, 5.41) is 8.42. The fourth-order valence-corrected chi connectivity index (χ4v) is 3.44. The molecule has 1 aliphatic rings. The number of hydrogen-bond acceptors (Lipinski definition) is 6. The van der Waals surface area contributed by atoms with E-state index in [1.54, 1.807) is 7.11 Å². The Morgan fingerprint density at radius 2 is 2.20 bits per heavy atom. The number of hydrogen-bond donors (Lipinski definition) is 0. The first-order chi connectivity index (χ1) is 12.2. The van der Waals surface area contributed by atoms with Crippen LogP contribution in [0.25, 0.3) is 11.4 Å². The summed E-state index contributed by atoms with van der Waals surface area (Å²) in [7, 11) is 3.59. The van der Waals surface area contributed by atoms with Crippen LogP contribution in [0, 0.1) is 0 Å². The highest BCUT2D eigenvalue weighted by atomic mass is 16.5. The van der Waals surface area contributed by atoms with Crippen molar-refractivity contribution in [2.24, 2.45) is 7.05 Å². The molecule has 1 unspecified atom stereocenters. The van der Waals surface area contributed by atoms with E-state index in [0.29, 0.717) is 24.3 Å². The molecule has 1 saturated heterocycles. The molecule has 7 heteroatoms. The molecule has 0 aliphatic carbocycles. The number of benzene rings is 1. The van der Waals surface area contributed by atoms with Crippen LogP contribution in [0.4, 0.5) is 0 Å². The summed E-state index contributed by atoms with van der Waals surface area (Å²) in [5.74, 6) is 1.92. The lowest BCUT2D eigenvalue weighted by Gasteiger charge is -2.21. The second-order valence-electron chi connectivity index (χ2n) is 6.29. The summed E-state index contributed by atoms with van der Waals surface area (Å²) < 4.78 is 12.7. The summed E-state index contributed by atoms with van der Waals surface area (Å²) in [6, 6.07) is 8.04. The predicted octanol–water partition coefficient (Wildman–Crippen LogP) is 2.82. The van der Waals surface area contributed by atoms with Gasteiger partial charge in [0.05, 0.1) is 25.4 Å². The van der Waals surface area contributed by atoms with E-state index >= 15 is 0 Å². The van der Waals surface area contributed by atoms with Crippen molar-refractivity contribution in [2.75, 3.05) is 13.7 Å². The van der Waals surface area contributed by atoms with Crippen LogP contribution in [0.2, 0.25) is 0 Å². The van der Waals surface area contributed by atoms with Gasteiger partial charge in [-0.3, -0.25) is 9.58 Å². The van der Waals surface area contributed by atoms with Gasteiger partial charge in [-0.25, -0.2) is 0 Å². The summed E-state index contributed by atoms with van der Waals surface area (Å²) in [4.78, 5) is 6.94. The van der Waals surface area contributed by atoms with Crippen molar-refractivity contribution in [3.8, 4) is 17.1 Å². The van der Waals surface area contributed by atoms with Crippen LogP contribution in [0.3, 0.4) is 0 Å². The van der Waals surface area contributed by atoms with Crippen molar-refractivity contribution in [2.45, 2.75) is 25.4 Å². The second-order valence-corrected chi connectivity index (χ2v) is 6.29. The first kappa shape index (κ1) is 15.8. The first-order valence-electron chi connectivity index (χ1n) is 8.43. The number of para-hydroxylation sites is 1. The van der Waals surface area contributed by atoms with E-state index in [0.717, 1.165) is 30.7 Å². The standard InChI is InChI=1S/C18H21N5O2/c1-22-11-13(10-19-22)15-7-5-9-23(15)12-17-20-18(21-25-17)14-6-3-4-8-16(14)24-2/h3-4,6,8,10-11,15H,5,7,9,12H2,1-2H3. The zero-order valence-electron chi connectivity index (χ0n) is 14.4. The minimum Gasteiger partial charge on any atom is -0.496 e. The molecule has 2 aromatic heterocycles. The number of nitrogens with zero attached hydrogens (tertiary/aromatic N) is 5. The number of aromatic nitrogens is 4. The van der Waals surface area contributed by atoms with Crippen molar-refractivity contribution in [1.82, 2.24) is 24.8 Å². The Morgan fingerprint density at radius 1 is 1.32 bits per heavy atom. The smallest absolute Gasteiger partial charge is 0.241 e. The highest BCUT2D eigenvalue weighted by Gasteiger charge is 2.28. The third-order valence-corrected chi connectivity index (χ3v) is 4.63. The van der Waals surface area contributed by atoms with Gasteiger partial charge in [0, 0.05) is 24.8 Å². The fourth-order valence-electron chi connectivity index (χ4n) is 3.44. The minimum atomic E-state index is 0.357. The maximum Gasteiger partial charge on any atom is 0.241 e. The maximum atomic E-state index is 5.49. The van der Waals surface area contributed by atoms with Crippen LogP contribution in [-0.2, 0) is 13.6 Å². The maximum absolute atomic E-state index is 5.49. The molecule has 7 nitrogen and oxygen atoms in total. The van der Waals surface area contributed by atoms with Crippen LogP contribution < -0.4 is 4.74 Å². The van der Waals surface area contributed by atoms with Gasteiger partial charge in [-0.05, 0) is 31.5 Å². The van der Waals surface area contributed by atoms with Crippen LogP contribution in [0.1, 0.15) is 30.3 Å². The number of aryl methyl sites for hydroxylation is 1. The SMILES string of the molecule is COc1ccccc1-c1noc(CN2CCCC2c2cnn(C)c2)n1. The molecule has 0 spiro atoms. The van der Waals surface area contributed by atoms with Crippen LogP contribution in [0.5, 0.6) is 5.75 Å². The summed E-state index contributed by atoms with van der Waals surface area (Å²) in [6.45, 7) is 1.66. The Kier molecular flexibility index (Phi) is 4.23. The van der Waals surface area contributed by atoms with Crippen LogP contribution >= 0.6 is 0 Å².